The summed E-state index contributed by atoms with van der Waals surface area (Å²) < 4.78 is 86.7. The zero-order valence-corrected chi connectivity index (χ0v) is 23.8. The molecule has 0 aliphatic heterocycles. The quantitative estimate of drug-likeness (QED) is 0.164. The summed E-state index contributed by atoms with van der Waals surface area (Å²) in [5, 5.41) is 4.74. The lowest BCUT2D eigenvalue weighted by Gasteiger charge is -2.33. The van der Waals surface area contributed by atoms with Crippen LogP contribution in [0, 0.1) is 0 Å². The average Bonchev–Trinajstić information content (AvgIpc) is 2.85. The van der Waals surface area contributed by atoms with Gasteiger partial charge in [-0.05, 0) is 69.5 Å². The number of carbonyl (C=O) groups excluding carboxylic acids is 1. The molecule has 0 radical (unpaired) electrons. The van der Waals surface area contributed by atoms with Gasteiger partial charge in [-0.25, -0.2) is 0 Å². The average molecular weight is 586 g/mol. The largest absolute Gasteiger partial charge is 0.416 e. The number of benzene rings is 3. The number of rotatable bonds is 9. The molecule has 0 aliphatic rings. The summed E-state index contributed by atoms with van der Waals surface area (Å²) in [5.74, 6) is -1.03. The minimum Gasteiger partial charge on any atom is -0.413 e. The smallest absolute Gasteiger partial charge is 0.413 e. The van der Waals surface area contributed by atoms with Gasteiger partial charge in [0.15, 0.2) is 8.32 Å². The summed E-state index contributed by atoms with van der Waals surface area (Å²) in [6.45, 7) is 7.64. The molecule has 1 amide bonds. The van der Waals surface area contributed by atoms with Crippen LogP contribution in [-0.2, 0) is 16.8 Å². The molecule has 0 bridgehead atoms. The molecule has 3 aromatic carbocycles. The molecule has 210 valence electrons. The van der Waals surface area contributed by atoms with E-state index in [1.165, 1.54) is 0 Å². The van der Waals surface area contributed by atoms with E-state index in [1.54, 1.807) is 6.92 Å². The summed E-state index contributed by atoms with van der Waals surface area (Å²) in [6, 6.07) is 19.4. The number of nitrogens with one attached hydrogen (secondary N) is 1. The molecule has 2 unspecified atom stereocenters. The minimum atomic E-state index is -5.06. The van der Waals surface area contributed by atoms with Gasteiger partial charge in [0.25, 0.3) is 5.91 Å². The van der Waals surface area contributed by atoms with Crippen molar-refractivity contribution in [2.75, 3.05) is 6.16 Å². The third-order valence-corrected chi connectivity index (χ3v) is 9.47. The van der Waals surface area contributed by atoms with E-state index in [0.717, 1.165) is 10.6 Å². The molecule has 0 saturated carbocycles. The topological polar surface area (TPSA) is 38.3 Å². The van der Waals surface area contributed by atoms with Gasteiger partial charge in [-0.1, -0.05) is 60.7 Å². The highest BCUT2D eigenvalue weighted by molar-refractivity contribution is 7.73. The predicted octanol–water partition coefficient (Wildman–Crippen LogP) is 7.20. The van der Waals surface area contributed by atoms with Crippen LogP contribution < -0.4 is 15.9 Å². The molecule has 11 heteroatoms. The van der Waals surface area contributed by atoms with E-state index in [2.05, 4.69) is 5.32 Å². The SMILES string of the molecule is CC(O[Si](C)(C)C)C(CP(c1ccccc1)c1ccccc1)NC(=O)c1cc(C(F)(F)F)cc(C(F)(F)F)c1. The molecular formula is C28H30F6NO2PSi. The second-order valence-electron chi connectivity index (χ2n) is 10.1. The molecule has 0 fully saturated rings. The number of halogens is 6. The monoisotopic (exact) mass is 585 g/mol. The first kappa shape index (κ1) is 30.9. The number of hydrogen-bond donors (Lipinski definition) is 1. The van der Waals surface area contributed by atoms with E-state index < -0.39 is 63.3 Å². The highest BCUT2D eigenvalue weighted by Gasteiger charge is 2.38. The fraction of sp³-hybridized carbons (Fsp3) is 0.321. The molecule has 3 nitrogen and oxygen atoms in total. The highest BCUT2D eigenvalue weighted by Crippen LogP contribution is 2.37. The first-order valence-electron chi connectivity index (χ1n) is 12.2. The first-order chi connectivity index (χ1) is 18.0. The lowest BCUT2D eigenvalue weighted by molar-refractivity contribution is -0.143. The van der Waals surface area contributed by atoms with Crippen molar-refractivity contribution in [1.82, 2.24) is 5.32 Å². The Morgan fingerprint density at radius 2 is 1.26 bits per heavy atom. The van der Waals surface area contributed by atoms with Gasteiger partial charge in [0, 0.05) is 5.56 Å². The Morgan fingerprint density at radius 1 is 0.821 bits per heavy atom. The number of hydrogen-bond acceptors (Lipinski definition) is 2. The van der Waals surface area contributed by atoms with Crippen molar-refractivity contribution in [3.05, 3.63) is 95.6 Å². The lowest BCUT2D eigenvalue weighted by Crippen LogP contribution is -2.49. The second-order valence-corrected chi connectivity index (χ2v) is 16.8. The van der Waals surface area contributed by atoms with Crippen LogP contribution in [0.25, 0.3) is 0 Å². The van der Waals surface area contributed by atoms with Gasteiger partial charge in [-0.3, -0.25) is 4.79 Å². The zero-order valence-electron chi connectivity index (χ0n) is 21.9. The van der Waals surface area contributed by atoms with Crippen LogP contribution in [0.3, 0.4) is 0 Å². The van der Waals surface area contributed by atoms with Gasteiger partial charge in [0.2, 0.25) is 0 Å². The van der Waals surface area contributed by atoms with E-state index >= 15 is 0 Å². The Labute approximate surface area is 226 Å². The molecule has 1 N–H and O–H groups in total. The Kier molecular flexibility index (Phi) is 9.67. The van der Waals surface area contributed by atoms with E-state index in [0.29, 0.717) is 18.3 Å². The maximum Gasteiger partial charge on any atom is 0.416 e. The van der Waals surface area contributed by atoms with Crippen LogP contribution in [0.2, 0.25) is 19.6 Å². The zero-order chi connectivity index (χ0) is 29.0. The van der Waals surface area contributed by atoms with Crippen LogP contribution in [0.1, 0.15) is 28.4 Å². The first-order valence-corrected chi connectivity index (χ1v) is 17.1. The van der Waals surface area contributed by atoms with Gasteiger partial charge < -0.3 is 9.74 Å². The van der Waals surface area contributed by atoms with Gasteiger partial charge >= 0.3 is 12.4 Å². The molecular weight excluding hydrogens is 555 g/mol. The Bertz CT molecular complexity index is 1180. The Morgan fingerprint density at radius 3 is 1.64 bits per heavy atom. The maximum atomic E-state index is 13.4. The molecule has 0 spiro atoms. The van der Waals surface area contributed by atoms with Crippen molar-refractivity contribution < 1.29 is 35.6 Å². The third-order valence-electron chi connectivity index (χ3n) is 5.79. The summed E-state index contributed by atoms with van der Waals surface area (Å²) >= 11 is 0. The number of alkyl halides is 6. The molecule has 0 saturated heterocycles. The summed E-state index contributed by atoms with van der Waals surface area (Å²) in [7, 11) is -3.18. The fourth-order valence-electron chi connectivity index (χ4n) is 4.06. The molecule has 3 rings (SSSR count). The fourth-order valence-corrected chi connectivity index (χ4v) is 7.91. The number of amides is 1. The van der Waals surface area contributed by atoms with Gasteiger partial charge in [-0.2, -0.15) is 26.3 Å². The van der Waals surface area contributed by atoms with Crippen molar-refractivity contribution in [2.24, 2.45) is 0 Å². The molecule has 0 heterocycles. The Balaban J connectivity index is 2.02. The summed E-state index contributed by atoms with van der Waals surface area (Å²) in [5.41, 5.74) is -3.80. The van der Waals surface area contributed by atoms with Crippen molar-refractivity contribution >= 4 is 32.8 Å². The van der Waals surface area contributed by atoms with Gasteiger partial charge in [0.05, 0.1) is 23.3 Å². The van der Waals surface area contributed by atoms with Crippen LogP contribution in [0.5, 0.6) is 0 Å². The molecule has 39 heavy (non-hydrogen) atoms. The van der Waals surface area contributed by atoms with Crippen LogP contribution >= 0.6 is 7.92 Å². The van der Waals surface area contributed by atoms with Crippen LogP contribution in [0.4, 0.5) is 26.3 Å². The molecule has 0 aromatic heterocycles. The van der Waals surface area contributed by atoms with Crippen molar-refractivity contribution in [2.45, 2.75) is 51.1 Å². The van der Waals surface area contributed by atoms with Crippen molar-refractivity contribution in [1.29, 1.82) is 0 Å². The third kappa shape index (κ3) is 8.91. The molecule has 2 atom stereocenters. The molecule has 0 aliphatic carbocycles. The standard InChI is InChI=1S/C28H30F6NO2PSi/c1-19(37-39(2,3)4)25(18-38(23-11-7-5-8-12-23)24-13-9-6-10-14-24)35-26(36)20-15-21(27(29,30)31)17-22(16-20)28(32,33)34/h5-17,19,25H,18H2,1-4H3,(H,35,36). The van der Waals surface area contributed by atoms with E-state index in [9.17, 15) is 31.1 Å². The van der Waals surface area contributed by atoms with Crippen molar-refractivity contribution in [3.8, 4) is 0 Å². The van der Waals surface area contributed by atoms with Crippen molar-refractivity contribution in [3.63, 3.8) is 0 Å². The number of carbonyl (C=O) groups is 1. The maximum absolute atomic E-state index is 13.4. The minimum absolute atomic E-state index is 0.00919. The van der Waals surface area contributed by atoms with Crippen LogP contribution in [0.15, 0.2) is 78.9 Å². The normalized spacial score (nSPS) is 14.2. The molecule has 3 aromatic rings. The van der Waals surface area contributed by atoms with Crippen LogP contribution in [-0.4, -0.2) is 32.5 Å². The van der Waals surface area contributed by atoms with Gasteiger partial charge in [0.1, 0.15) is 0 Å². The van der Waals surface area contributed by atoms with E-state index in [4.69, 9.17) is 4.43 Å². The van der Waals surface area contributed by atoms with E-state index in [1.807, 2.05) is 80.3 Å². The second kappa shape index (κ2) is 12.2. The Hall–Kier alpha value is -2.68. The summed E-state index contributed by atoms with van der Waals surface area (Å²) in [6.07, 6.45) is -10.3. The highest BCUT2D eigenvalue weighted by atomic mass is 31.1. The summed E-state index contributed by atoms with van der Waals surface area (Å²) in [4.78, 5) is 13.3. The lowest BCUT2D eigenvalue weighted by atomic mass is 10.0. The van der Waals surface area contributed by atoms with Gasteiger partial charge in [-0.15, -0.1) is 0 Å². The predicted molar refractivity (Wildman–Crippen MR) is 146 cm³/mol. The van der Waals surface area contributed by atoms with E-state index in [-0.39, 0.29) is 6.07 Å².